The molecule has 1 aromatic rings. The van der Waals surface area contributed by atoms with Gasteiger partial charge >= 0.3 is 0 Å². The average molecular weight is 314 g/mol. The van der Waals surface area contributed by atoms with Crippen molar-refractivity contribution in [2.24, 2.45) is 5.92 Å². The van der Waals surface area contributed by atoms with Crippen molar-refractivity contribution in [3.05, 3.63) is 28.2 Å². The third-order valence-electron chi connectivity index (χ3n) is 2.73. The molecule has 1 aromatic carbocycles. The summed E-state index contributed by atoms with van der Waals surface area (Å²) in [5.74, 6) is 1.47. The molecule has 0 spiro atoms. The first-order chi connectivity index (χ1) is 8.54. The molecule has 1 N–H and O–H groups in total. The van der Waals surface area contributed by atoms with Gasteiger partial charge in [0.25, 0.3) is 0 Å². The zero-order valence-corrected chi connectivity index (χ0v) is 13.4. The summed E-state index contributed by atoms with van der Waals surface area (Å²) in [6.45, 7) is 10.5. The molecule has 1 rings (SSSR count). The van der Waals surface area contributed by atoms with Crippen LogP contribution in [-0.4, -0.2) is 13.2 Å². The molecule has 1 atom stereocenters. The number of nitrogens with one attached hydrogen (secondary N) is 1. The predicted octanol–water partition coefficient (Wildman–Crippen LogP) is 4.54. The molecule has 0 amide bonds. The molecule has 0 bridgehead atoms. The predicted molar refractivity (Wildman–Crippen MR) is 81.2 cm³/mol. The molecule has 102 valence electrons. The smallest absolute Gasteiger partial charge is 0.133 e. The fourth-order valence-electron chi connectivity index (χ4n) is 1.64. The number of rotatable bonds is 7. The Morgan fingerprint density at radius 2 is 2.00 bits per heavy atom. The van der Waals surface area contributed by atoms with Crippen LogP contribution in [0.3, 0.4) is 0 Å². The summed E-state index contributed by atoms with van der Waals surface area (Å²) < 4.78 is 6.78. The highest BCUT2D eigenvalue weighted by atomic mass is 79.9. The van der Waals surface area contributed by atoms with Crippen LogP contribution in [0.5, 0.6) is 5.75 Å². The van der Waals surface area contributed by atoms with Crippen molar-refractivity contribution in [3.63, 3.8) is 0 Å². The molecule has 2 nitrogen and oxygen atoms in total. The molecule has 0 aliphatic carbocycles. The third kappa shape index (κ3) is 4.99. The maximum Gasteiger partial charge on any atom is 0.133 e. The van der Waals surface area contributed by atoms with E-state index in [-0.39, 0.29) is 0 Å². The molecule has 18 heavy (non-hydrogen) atoms. The van der Waals surface area contributed by atoms with E-state index in [9.17, 15) is 0 Å². The first-order valence-corrected chi connectivity index (χ1v) is 7.49. The average Bonchev–Trinajstić information content (AvgIpc) is 2.34. The van der Waals surface area contributed by atoms with Crippen molar-refractivity contribution in [1.82, 2.24) is 5.32 Å². The van der Waals surface area contributed by atoms with Crippen molar-refractivity contribution in [1.29, 1.82) is 0 Å². The molecule has 0 fully saturated rings. The van der Waals surface area contributed by atoms with E-state index in [0.29, 0.717) is 12.0 Å². The molecule has 0 saturated heterocycles. The maximum atomic E-state index is 5.75. The Morgan fingerprint density at radius 3 is 2.56 bits per heavy atom. The molecular formula is C15H24BrNO. The summed E-state index contributed by atoms with van der Waals surface area (Å²) in [5.41, 5.74) is 1.28. The number of hydrogen-bond acceptors (Lipinski definition) is 2. The molecular weight excluding hydrogens is 290 g/mol. The van der Waals surface area contributed by atoms with Crippen molar-refractivity contribution in [3.8, 4) is 5.75 Å². The number of halogens is 1. The van der Waals surface area contributed by atoms with Crippen LogP contribution in [0, 0.1) is 5.92 Å². The van der Waals surface area contributed by atoms with Crippen molar-refractivity contribution >= 4 is 15.9 Å². The van der Waals surface area contributed by atoms with Gasteiger partial charge in [0.2, 0.25) is 0 Å². The van der Waals surface area contributed by atoms with E-state index in [2.05, 4.69) is 61.1 Å². The Morgan fingerprint density at radius 1 is 1.28 bits per heavy atom. The van der Waals surface area contributed by atoms with Crippen LogP contribution in [-0.2, 0) is 0 Å². The fraction of sp³-hybridized carbons (Fsp3) is 0.600. The molecule has 0 heterocycles. The molecule has 1 unspecified atom stereocenters. The van der Waals surface area contributed by atoms with Crippen LogP contribution in [0.4, 0.5) is 0 Å². The molecule has 0 aliphatic heterocycles. The lowest BCUT2D eigenvalue weighted by Gasteiger charge is -2.16. The van der Waals surface area contributed by atoms with Gasteiger partial charge < -0.3 is 10.1 Å². The third-order valence-corrected chi connectivity index (χ3v) is 3.35. The second-order valence-electron chi connectivity index (χ2n) is 5.07. The lowest BCUT2D eigenvalue weighted by atomic mass is 10.1. The van der Waals surface area contributed by atoms with Crippen LogP contribution in [0.25, 0.3) is 0 Å². The summed E-state index contributed by atoms with van der Waals surface area (Å²) in [6.07, 6.45) is 1.15. The minimum atomic E-state index is 0.375. The zero-order valence-electron chi connectivity index (χ0n) is 11.8. The largest absolute Gasteiger partial charge is 0.492 e. The highest BCUT2D eigenvalue weighted by molar-refractivity contribution is 9.10. The lowest BCUT2D eigenvalue weighted by molar-refractivity contribution is 0.269. The minimum Gasteiger partial charge on any atom is -0.492 e. The van der Waals surface area contributed by atoms with Crippen LogP contribution >= 0.6 is 15.9 Å². The summed E-state index contributed by atoms with van der Waals surface area (Å²) >= 11 is 3.58. The fourth-order valence-corrected chi connectivity index (χ4v) is 2.15. The Bertz CT molecular complexity index is 366. The number of benzene rings is 1. The molecule has 3 heteroatoms. The van der Waals surface area contributed by atoms with Crippen LogP contribution in [0.2, 0.25) is 0 Å². The van der Waals surface area contributed by atoms with E-state index < -0.39 is 0 Å². The van der Waals surface area contributed by atoms with Gasteiger partial charge in [-0.05, 0) is 59.4 Å². The molecule has 0 aliphatic rings. The normalized spacial score (nSPS) is 12.8. The van der Waals surface area contributed by atoms with Gasteiger partial charge in [0.1, 0.15) is 5.75 Å². The van der Waals surface area contributed by atoms with Gasteiger partial charge in [-0.15, -0.1) is 0 Å². The summed E-state index contributed by atoms with van der Waals surface area (Å²) in [5, 5.41) is 3.48. The highest BCUT2D eigenvalue weighted by Crippen LogP contribution is 2.28. The van der Waals surface area contributed by atoms with Gasteiger partial charge in [-0.1, -0.05) is 26.8 Å². The summed E-state index contributed by atoms with van der Waals surface area (Å²) in [4.78, 5) is 0. The van der Waals surface area contributed by atoms with E-state index in [1.165, 1.54) is 5.56 Å². The van der Waals surface area contributed by atoms with Crippen LogP contribution < -0.4 is 10.1 Å². The molecule has 0 saturated carbocycles. The van der Waals surface area contributed by atoms with Crippen LogP contribution in [0.1, 0.15) is 45.7 Å². The SMILES string of the molecule is CCCNC(C)c1ccc(OCC(C)C)c(Br)c1. The Labute approximate surface area is 119 Å². The Balaban J connectivity index is 2.66. The van der Waals surface area contributed by atoms with Crippen molar-refractivity contribution < 1.29 is 4.74 Å². The van der Waals surface area contributed by atoms with Gasteiger partial charge in [0.05, 0.1) is 11.1 Å². The second kappa shape index (κ2) is 7.80. The molecule has 0 radical (unpaired) electrons. The molecule has 0 aromatic heterocycles. The van der Waals surface area contributed by atoms with E-state index in [4.69, 9.17) is 4.74 Å². The topological polar surface area (TPSA) is 21.3 Å². The van der Waals surface area contributed by atoms with Crippen molar-refractivity contribution in [2.75, 3.05) is 13.2 Å². The first-order valence-electron chi connectivity index (χ1n) is 6.70. The van der Waals surface area contributed by atoms with E-state index >= 15 is 0 Å². The first kappa shape index (κ1) is 15.5. The standard InChI is InChI=1S/C15H24BrNO/c1-5-8-17-12(4)13-6-7-15(14(16)9-13)18-10-11(2)3/h6-7,9,11-12,17H,5,8,10H2,1-4H3. The highest BCUT2D eigenvalue weighted by Gasteiger charge is 2.08. The maximum absolute atomic E-state index is 5.75. The van der Waals surface area contributed by atoms with Gasteiger partial charge in [0.15, 0.2) is 0 Å². The number of hydrogen-bond donors (Lipinski definition) is 1. The van der Waals surface area contributed by atoms with E-state index in [1.807, 2.05) is 6.07 Å². The van der Waals surface area contributed by atoms with Crippen LogP contribution in [0.15, 0.2) is 22.7 Å². The van der Waals surface area contributed by atoms with E-state index in [0.717, 1.165) is 29.8 Å². The summed E-state index contributed by atoms with van der Waals surface area (Å²) in [7, 11) is 0. The van der Waals surface area contributed by atoms with Gasteiger partial charge in [-0.3, -0.25) is 0 Å². The van der Waals surface area contributed by atoms with Gasteiger partial charge in [-0.2, -0.15) is 0 Å². The van der Waals surface area contributed by atoms with Gasteiger partial charge in [0, 0.05) is 6.04 Å². The van der Waals surface area contributed by atoms with Gasteiger partial charge in [-0.25, -0.2) is 0 Å². The second-order valence-corrected chi connectivity index (χ2v) is 5.92. The lowest BCUT2D eigenvalue weighted by Crippen LogP contribution is -2.19. The monoisotopic (exact) mass is 313 g/mol. The zero-order chi connectivity index (χ0) is 13.5. The van der Waals surface area contributed by atoms with Crippen molar-refractivity contribution in [2.45, 2.75) is 40.2 Å². The summed E-state index contributed by atoms with van der Waals surface area (Å²) in [6, 6.07) is 6.70. The Hall–Kier alpha value is -0.540. The quantitative estimate of drug-likeness (QED) is 0.797. The number of ether oxygens (including phenoxy) is 1. The minimum absolute atomic E-state index is 0.375. The Kier molecular flexibility index (Phi) is 6.72. The van der Waals surface area contributed by atoms with E-state index in [1.54, 1.807) is 0 Å².